The Morgan fingerprint density at radius 3 is 2.18 bits per heavy atom. The van der Waals surface area contributed by atoms with Crippen molar-refractivity contribution in [1.82, 2.24) is 25.3 Å². The van der Waals surface area contributed by atoms with Crippen molar-refractivity contribution in [3.8, 4) is 0 Å². The fraction of sp³-hybridized carbons (Fsp3) is 0.607. The lowest BCUT2D eigenvalue weighted by Crippen LogP contribution is -2.57. The average Bonchev–Trinajstić information content (AvgIpc) is 2.91. The van der Waals surface area contributed by atoms with Gasteiger partial charge < -0.3 is 30.1 Å². The lowest BCUT2D eigenvalue weighted by molar-refractivity contribution is -0.145. The van der Waals surface area contributed by atoms with Gasteiger partial charge in [-0.1, -0.05) is 44.2 Å². The van der Waals surface area contributed by atoms with Gasteiger partial charge in [0.15, 0.2) is 6.04 Å². The highest BCUT2D eigenvalue weighted by atomic mass is 16.2. The number of hydrogen-bond acceptors (Lipinski definition) is 6. The van der Waals surface area contributed by atoms with Gasteiger partial charge in [0.2, 0.25) is 23.6 Å². The first-order valence-corrected chi connectivity index (χ1v) is 13.3. The molecule has 210 valence electrons. The van der Waals surface area contributed by atoms with Gasteiger partial charge in [-0.05, 0) is 44.2 Å². The molecule has 38 heavy (non-hydrogen) atoms. The van der Waals surface area contributed by atoms with Gasteiger partial charge in [-0.2, -0.15) is 0 Å². The van der Waals surface area contributed by atoms with E-state index in [1.165, 1.54) is 16.8 Å². The molecule has 1 aromatic carbocycles. The molecule has 4 amide bonds. The molecule has 10 heteroatoms. The van der Waals surface area contributed by atoms with E-state index >= 15 is 0 Å². The van der Waals surface area contributed by atoms with Crippen molar-refractivity contribution in [2.75, 3.05) is 40.8 Å². The second-order valence-electron chi connectivity index (χ2n) is 10.4. The fourth-order valence-electron chi connectivity index (χ4n) is 4.65. The minimum absolute atomic E-state index is 0.204. The fourth-order valence-corrected chi connectivity index (χ4v) is 4.65. The number of nitrogens with zero attached hydrogens (tertiary/aromatic N) is 3. The van der Waals surface area contributed by atoms with Crippen LogP contribution in [0.5, 0.6) is 0 Å². The van der Waals surface area contributed by atoms with E-state index in [-0.39, 0.29) is 30.7 Å². The molecule has 0 radical (unpaired) electrons. The first-order chi connectivity index (χ1) is 18.1. The summed E-state index contributed by atoms with van der Waals surface area (Å²) in [7, 11) is 4.57. The van der Waals surface area contributed by atoms with Crippen molar-refractivity contribution in [2.45, 2.75) is 64.1 Å². The van der Waals surface area contributed by atoms with E-state index in [0.29, 0.717) is 19.5 Å². The second kappa shape index (κ2) is 15.2. The van der Waals surface area contributed by atoms with Gasteiger partial charge in [0.25, 0.3) is 0 Å². The zero-order valence-corrected chi connectivity index (χ0v) is 23.3. The van der Waals surface area contributed by atoms with E-state index in [1.807, 2.05) is 44.2 Å². The van der Waals surface area contributed by atoms with Crippen molar-refractivity contribution in [3.05, 3.63) is 35.9 Å². The molecule has 0 unspecified atom stereocenters. The molecule has 1 heterocycles. The largest absolute Gasteiger partial charge is 0.342 e. The van der Waals surface area contributed by atoms with E-state index in [4.69, 9.17) is 0 Å². The molecule has 1 aliphatic rings. The Morgan fingerprint density at radius 1 is 1.00 bits per heavy atom. The number of likely N-dealkylation sites (N-methyl/N-ethyl adjacent to an activating group) is 3. The lowest BCUT2D eigenvalue weighted by atomic mass is 10.0. The third-order valence-corrected chi connectivity index (χ3v) is 6.84. The number of likely N-dealkylation sites (tertiary alicyclic amines) is 1. The summed E-state index contributed by atoms with van der Waals surface area (Å²) in [6, 6.07) is 6.65. The lowest BCUT2D eigenvalue weighted by Gasteiger charge is -2.32. The predicted octanol–water partition coefficient (Wildman–Crippen LogP) is 0.845. The monoisotopic (exact) mass is 529 g/mol. The molecular formula is C28H43N5O5. The van der Waals surface area contributed by atoms with E-state index < -0.39 is 29.9 Å². The third kappa shape index (κ3) is 8.93. The second-order valence-corrected chi connectivity index (χ2v) is 10.4. The Kier molecular flexibility index (Phi) is 12.4. The molecule has 1 saturated heterocycles. The van der Waals surface area contributed by atoms with Crippen LogP contribution in [0.3, 0.4) is 0 Å². The summed E-state index contributed by atoms with van der Waals surface area (Å²) >= 11 is 0. The number of carbonyl (C=O) groups excluding carboxylic acids is 5. The maximum Gasteiger partial charge on any atom is 0.249 e. The Labute approximate surface area is 226 Å². The van der Waals surface area contributed by atoms with E-state index in [2.05, 4.69) is 10.6 Å². The van der Waals surface area contributed by atoms with Crippen LogP contribution in [0.1, 0.15) is 45.1 Å². The van der Waals surface area contributed by atoms with Gasteiger partial charge in [0.1, 0.15) is 12.3 Å². The summed E-state index contributed by atoms with van der Waals surface area (Å²) in [4.78, 5) is 68.4. The summed E-state index contributed by atoms with van der Waals surface area (Å²) in [5.41, 5.74) is 0.845. The Bertz CT molecular complexity index is 948. The highest BCUT2D eigenvalue weighted by molar-refractivity contribution is 6.05. The van der Waals surface area contributed by atoms with Crippen molar-refractivity contribution < 1.29 is 24.0 Å². The van der Waals surface area contributed by atoms with Crippen LogP contribution < -0.4 is 10.6 Å². The molecule has 3 atom stereocenters. The summed E-state index contributed by atoms with van der Waals surface area (Å²) in [6.07, 6.45) is 4.36. The number of piperidine rings is 1. The van der Waals surface area contributed by atoms with Crippen LogP contribution in [-0.2, 0) is 30.4 Å². The van der Waals surface area contributed by atoms with Crippen LogP contribution in [0.25, 0.3) is 0 Å². The van der Waals surface area contributed by atoms with E-state index in [9.17, 15) is 24.0 Å². The van der Waals surface area contributed by atoms with Crippen LogP contribution in [-0.4, -0.2) is 104 Å². The molecule has 0 bridgehead atoms. The Balaban J connectivity index is 2.11. The smallest absolute Gasteiger partial charge is 0.249 e. The SMILES string of the molecule is CN[C@@H](C(=O)N(C)CC(=O)N[C@@H](Cc1ccccc1)C(=O)N(C)[C@H](C=O)CC(C)C)C(=O)N1CCCCC1. The molecule has 0 aromatic heterocycles. The topological polar surface area (TPSA) is 119 Å². The van der Waals surface area contributed by atoms with E-state index in [1.54, 1.807) is 19.0 Å². The number of amides is 4. The summed E-state index contributed by atoms with van der Waals surface area (Å²) < 4.78 is 0. The van der Waals surface area contributed by atoms with Crippen LogP contribution in [0.2, 0.25) is 0 Å². The maximum atomic E-state index is 13.4. The van der Waals surface area contributed by atoms with Gasteiger partial charge in [0.05, 0.1) is 12.6 Å². The molecule has 0 saturated carbocycles. The molecule has 1 aromatic rings. The molecule has 2 N–H and O–H groups in total. The number of benzene rings is 1. The highest BCUT2D eigenvalue weighted by Gasteiger charge is 2.34. The number of carbonyl (C=O) groups is 5. The third-order valence-electron chi connectivity index (χ3n) is 6.84. The molecule has 1 fully saturated rings. The Hall–Kier alpha value is -3.27. The Morgan fingerprint density at radius 2 is 1.63 bits per heavy atom. The number of hydrogen-bond donors (Lipinski definition) is 2. The number of rotatable bonds is 13. The quantitative estimate of drug-likeness (QED) is 0.289. The zero-order valence-electron chi connectivity index (χ0n) is 23.3. The first-order valence-electron chi connectivity index (χ1n) is 13.3. The van der Waals surface area contributed by atoms with Crippen LogP contribution in [0.4, 0.5) is 0 Å². The van der Waals surface area contributed by atoms with Gasteiger partial charge in [-0.15, -0.1) is 0 Å². The van der Waals surface area contributed by atoms with Crippen LogP contribution in [0, 0.1) is 5.92 Å². The van der Waals surface area contributed by atoms with Crippen LogP contribution >= 0.6 is 0 Å². The summed E-state index contributed by atoms with van der Waals surface area (Å²) in [5, 5.41) is 5.54. The predicted molar refractivity (Wildman–Crippen MR) is 145 cm³/mol. The molecule has 0 aliphatic carbocycles. The van der Waals surface area contributed by atoms with Gasteiger partial charge in [0, 0.05) is 33.6 Å². The van der Waals surface area contributed by atoms with Crippen molar-refractivity contribution in [3.63, 3.8) is 0 Å². The van der Waals surface area contributed by atoms with Crippen molar-refractivity contribution in [2.24, 2.45) is 5.92 Å². The molecule has 1 aliphatic heterocycles. The van der Waals surface area contributed by atoms with Crippen molar-refractivity contribution in [1.29, 1.82) is 0 Å². The van der Waals surface area contributed by atoms with Gasteiger partial charge >= 0.3 is 0 Å². The first kappa shape index (κ1) is 31.0. The number of nitrogens with one attached hydrogen (secondary N) is 2. The molecular weight excluding hydrogens is 486 g/mol. The minimum Gasteiger partial charge on any atom is -0.342 e. The average molecular weight is 530 g/mol. The van der Waals surface area contributed by atoms with Crippen molar-refractivity contribution >= 4 is 29.9 Å². The molecule has 2 rings (SSSR count). The minimum atomic E-state index is -1.08. The summed E-state index contributed by atoms with van der Waals surface area (Å²) in [5.74, 6) is -1.53. The summed E-state index contributed by atoms with van der Waals surface area (Å²) in [6.45, 7) is 4.85. The zero-order chi connectivity index (χ0) is 28.2. The van der Waals surface area contributed by atoms with E-state index in [0.717, 1.165) is 31.1 Å². The maximum absolute atomic E-state index is 13.4. The standard InChI is InChI=1S/C28H43N5O5/c1-20(2)16-22(19-34)32(5)26(36)23(17-21-12-8-6-9-13-21)30-24(35)18-31(4)27(37)25(29-3)28(38)33-14-10-7-11-15-33/h6,8-9,12-13,19-20,22-23,25,29H,7,10-11,14-18H2,1-5H3,(H,30,35)/t22-,23-,25-/m0/s1. The molecule has 0 spiro atoms. The normalized spacial score (nSPS) is 15.8. The highest BCUT2D eigenvalue weighted by Crippen LogP contribution is 2.13. The van der Waals surface area contributed by atoms with Crippen LogP contribution in [0.15, 0.2) is 30.3 Å². The van der Waals surface area contributed by atoms with Gasteiger partial charge in [-0.25, -0.2) is 0 Å². The molecule has 10 nitrogen and oxygen atoms in total. The van der Waals surface area contributed by atoms with Gasteiger partial charge in [-0.3, -0.25) is 19.2 Å². The number of aldehydes is 1.